The van der Waals surface area contributed by atoms with Crippen LogP contribution in [0.2, 0.25) is 0 Å². The Balaban J connectivity index is 1.42. The fourth-order valence-electron chi connectivity index (χ4n) is 6.14. The largest absolute Gasteiger partial charge is 0.496 e. The molecule has 1 saturated heterocycles. The van der Waals surface area contributed by atoms with Gasteiger partial charge in [-0.25, -0.2) is 9.07 Å². The number of nitrogens with one attached hydrogen (secondary N) is 2. The van der Waals surface area contributed by atoms with Gasteiger partial charge in [0.15, 0.2) is 5.60 Å². The van der Waals surface area contributed by atoms with E-state index in [4.69, 9.17) is 4.74 Å². The van der Waals surface area contributed by atoms with E-state index in [1.165, 1.54) is 33.2 Å². The first-order chi connectivity index (χ1) is 22.0. The number of aliphatic hydroxyl groups is 1. The number of amides is 2. The smallest absolute Gasteiger partial charge is 0.418 e. The predicted molar refractivity (Wildman–Crippen MR) is 169 cm³/mol. The normalized spacial score (nSPS) is 16.8. The number of anilines is 1. The molecule has 2 amide bonds. The van der Waals surface area contributed by atoms with Crippen LogP contribution < -0.4 is 15.4 Å². The first-order valence-electron chi connectivity index (χ1n) is 15.0. The summed E-state index contributed by atoms with van der Waals surface area (Å²) in [4.78, 5) is 26.8. The quantitative estimate of drug-likeness (QED) is 0.195. The summed E-state index contributed by atoms with van der Waals surface area (Å²) in [5.41, 5.74) is -1.95. The maximum absolute atomic E-state index is 14.5. The summed E-state index contributed by atoms with van der Waals surface area (Å²) in [6.45, 7) is 4.42. The molecular weight excluding hydrogens is 618 g/mol. The number of alkyl halides is 3. The van der Waals surface area contributed by atoms with E-state index >= 15 is 0 Å². The minimum atomic E-state index is -5.04. The average molecular weight is 656 g/mol. The minimum absolute atomic E-state index is 0.155. The van der Waals surface area contributed by atoms with Crippen molar-refractivity contribution in [2.45, 2.75) is 56.8 Å². The molecule has 9 nitrogen and oxygen atoms in total. The van der Waals surface area contributed by atoms with Crippen LogP contribution in [-0.2, 0) is 10.2 Å². The van der Waals surface area contributed by atoms with E-state index in [0.717, 1.165) is 12.1 Å². The molecule has 13 heteroatoms. The van der Waals surface area contributed by atoms with Gasteiger partial charge in [-0.15, -0.1) is 0 Å². The summed E-state index contributed by atoms with van der Waals surface area (Å²) in [6.07, 6.45) is -3.82. The van der Waals surface area contributed by atoms with Gasteiger partial charge in [0.1, 0.15) is 17.6 Å². The Hall–Kier alpha value is -4.65. The van der Waals surface area contributed by atoms with E-state index in [0.29, 0.717) is 46.4 Å². The molecule has 0 saturated carbocycles. The van der Waals surface area contributed by atoms with Crippen molar-refractivity contribution in [2.24, 2.45) is 0 Å². The third-order valence-electron chi connectivity index (χ3n) is 8.64. The first-order valence-corrected chi connectivity index (χ1v) is 15.0. The molecule has 2 unspecified atom stereocenters. The van der Waals surface area contributed by atoms with Crippen LogP contribution in [0.25, 0.3) is 16.6 Å². The van der Waals surface area contributed by atoms with Gasteiger partial charge < -0.3 is 25.4 Å². The molecule has 4 aromatic rings. The van der Waals surface area contributed by atoms with Crippen LogP contribution in [0.3, 0.4) is 0 Å². The number of hydrogen-bond acceptors (Lipinski definition) is 6. The lowest BCUT2D eigenvalue weighted by Crippen LogP contribution is -2.53. The molecule has 5 rings (SSSR count). The highest BCUT2D eigenvalue weighted by molar-refractivity contribution is 5.99. The van der Waals surface area contributed by atoms with Gasteiger partial charge in [0.2, 0.25) is 5.91 Å². The van der Waals surface area contributed by atoms with Crippen LogP contribution in [0.4, 0.5) is 23.2 Å². The molecule has 2 heterocycles. The molecule has 1 aliphatic heterocycles. The number of hydrogen-bond donors (Lipinski definition) is 3. The van der Waals surface area contributed by atoms with Crippen LogP contribution >= 0.6 is 0 Å². The second kappa shape index (κ2) is 12.5. The second-order valence-corrected chi connectivity index (χ2v) is 12.7. The number of carbonyl (C=O) groups excluding carboxylic acids is 2. The number of rotatable bonds is 10. The number of fused-ring (bicyclic) bond motifs is 1. The van der Waals surface area contributed by atoms with Gasteiger partial charge in [-0.1, -0.05) is 19.9 Å². The number of ether oxygens (including phenoxy) is 1. The number of likely N-dealkylation sites (tertiary alicyclic amines) is 1. The van der Waals surface area contributed by atoms with Gasteiger partial charge in [-0.3, -0.25) is 9.59 Å². The lowest BCUT2D eigenvalue weighted by Gasteiger charge is -2.38. The zero-order valence-corrected chi connectivity index (χ0v) is 26.7. The molecule has 3 aromatic carbocycles. The highest BCUT2D eigenvalue weighted by atomic mass is 19.4. The molecular formula is C34H37F4N5O4. The number of aromatic nitrogens is 2. The first kappa shape index (κ1) is 33.7. The van der Waals surface area contributed by atoms with Crippen molar-refractivity contribution >= 4 is 28.4 Å². The van der Waals surface area contributed by atoms with Crippen molar-refractivity contribution < 1.29 is 37.0 Å². The Morgan fingerprint density at radius 3 is 2.53 bits per heavy atom. The van der Waals surface area contributed by atoms with Crippen molar-refractivity contribution in [2.75, 3.05) is 32.6 Å². The average Bonchev–Trinajstić information content (AvgIpc) is 3.57. The summed E-state index contributed by atoms with van der Waals surface area (Å²) in [5.74, 6) is -0.994. The Morgan fingerprint density at radius 2 is 1.87 bits per heavy atom. The molecule has 0 radical (unpaired) electrons. The topological polar surface area (TPSA) is 109 Å². The van der Waals surface area contributed by atoms with Crippen molar-refractivity contribution in [1.29, 1.82) is 0 Å². The molecule has 1 fully saturated rings. The predicted octanol–water partition coefficient (Wildman–Crippen LogP) is 5.52. The number of carbonyl (C=O) groups is 2. The third-order valence-corrected chi connectivity index (χ3v) is 8.64. The van der Waals surface area contributed by atoms with E-state index in [-0.39, 0.29) is 17.2 Å². The lowest BCUT2D eigenvalue weighted by molar-refractivity contribution is -0.260. The number of halogens is 4. The maximum atomic E-state index is 14.5. The summed E-state index contributed by atoms with van der Waals surface area (Å²) in [5, 5.41) is 21.7. The van der Waals surface area contributed by atoms with Gasteiger partial charge in [-0.05, 0) is 79.3 Å². The van der Waals surface area contributed by atoms with Crippen molar-refractivity contribution in [3.63, 3.8) is 0 Å². The number of likely N-dealkylation sites (N-methyl/N-ethyl adjacent to an activating group) is 1. The van der Waals surface area contributed by atoms with Crippen LogP contribution in [0, 0.1) is 12.7 Å². The fraction of sp³-hybridized carbons (Fsp3) is 0.382. The summed E-state index contributed by atoms with van der Waals surface area (Å²) in [7, 11) is 3.02. The van der Waals surface area contributed by atoms with E-state index in [1.807, 2.05) is 6.07 Å². The number of nitrogens with zero attached hydrogens (tertiary/aromatic N) is 3. The monoisotopic (exact) mass is 655 g/mol. The molecule has 47 heavy (non-hydrogen) atoms. The molecule has 0 bridgehead atoms. The van der Waals surface area contributed by atoms with E-state index in [9.17, 15) is 32.3 Å². The van der Waals surface area contributed by atoms with E-state index in [2.05, 4.69) is 15.7 Å². The SMILES string of the molecule is COc1ccc(F)cc1C(C)(C)CC(O)(CNc1cc(C)cc2c1cnn2-c1cccc(C(=O)NC2CCN(C)C2=O)c1)C(F)(F)F. The van der Waals surface area contributed by atoms with Gasteiger partial charge in [0.25, 0.3) is 5.91 Å². The molecule has 2 atom stereocenters. The molecule has 1 aliphatic rings. The van der Waals surface area contributed by atoms with Crippen LogP contribution in [0.1, 0.15) is 48.2 Å². The van der Waals surface area contributed by atoms with Crippen molar-refractivity contribution in [1.82, 2.24) is 20.0 Å². The Morgan fingerprint density at radius 1 is 1.13 bits per heavy atom. The summed E-state index contributed by atoms with van der Waals surface area (Å²) >= 11 is 0. The second-order valence-electron chi connectivity index (χ2n) is 12.7. The standard InChI is InChI=1S/C34H37F4N5O4/c1-20-13-27(39-19-33(46,34(36,37)38)18-32(2,3)25-16-22(35)9-10-29(25)47-5)24-17-40-43(28(24)14-20)23-8-6-7-21(15-23)30(44)41-26-11-12-42(4)31(26)45/h6-10,13-17,26,39,46H,11-12,18-19H2,1-5H3,(H,41,44). The molecule has 250 valence electrons. The van der Waals surface area contributed by atoms with Gasteiger partial charge in [0.05, 0.1) is 31.1 Å². The molecule has 0 aliphatic carbocycles. The fourth-order valence-corrected chi connectivity index (χ4v) is 6.14. The summed E-state index contributed by atoms with van der Waals surface area (Å²) < 4.78 is 64.6. The Kier molecular flexibility index (Phi) is 8.97. The maximum Gasteiger partial charge on any atom is 0.418 e. The van der Waals surface area contributed by atoms with Crippen LogP contribution in [0.5, 0.6) is 5.75 Å². The van der Waals surface area contributed by atoms with Gasteiger partial charge in [-0.2, -0.15) is 18.3 Å². The Bertz CT molecular complexity index is 1820. The zero-order valence-electron chi connectivity index (χ0n) is 26.7. The molecule has 0 spiro atoms. The third kappa shape index (κ3) is 6.76. The molecule has 3 N–H and O–H groups in total. The Labute approximate surface area is 269 Å². The summed E-state index contributed by atoms with van der Waals surface area (Å²) in [6, 6.07) is 13.1. The minimum Gasteiger partial charge on any atom is -0.496 e. The van der Waals surface area contributed by atoms with Crippen molar-refractivity contribution in [3.05, 3.63) is 83.3 Å². The van der Waals surface area contributed by atoms with Crippen LogP contribution in [0.15, 0.2) is 60.8 Å². The number of aryl methyl sites for hydroxylation is 1. The highest BCUT2D eigenvalue weighted by Gasteiger charge is 2.56. The lowest BCUT2D eigenvalue weighted by atomic mass is 9.74. The van der Waals surface area contributed by atoms with E-state index < -0.39 is 47.9 Å². The highest BCUT2D eigenvalue weighted by Crippen LogP contribution is 2.44. The van der Waals surface area contributed by atoms with Gasteiger partial charge in [0, 0.05) is 35.8 Å². The van der Waals surface area contributed by atoms with Crippen molar-refractivity contribution in [3.8, 4) is 11.4 Å². The number of benzene rings is 3. The molecule has 1 aromatic heterocycles. The zero-order chi connectivity index (χ0) is 34.3. The van der Waals surface area contributed by atoms with E-state index in [1.54, 1.807) is 53.9 Å². The van der Waals surface area contributed by atoms with Gasteiger partial charge >= 0.3 is 6.18 Å². The van der Waals surface area contributed by atoms with Crippen LogP contribution in [-0.4, -0.2) is 76.7 Å². The number of methoxy groups -OCH3 is 1.